The summed E-state index contributed by atoms with van der Waals surface area (Å²) >= 11 is 1.55. The first-order valence-electron chi connectivity index (χ1n) is 12.0. The lowest BCUT2D eigenvalue weighted by Gasteiger charge is -2.36. The Balaban J connectivity index is 0.00000267. The van der Waals surface area contributed by atoms with Crippen molar-refractivity contribution < 1.29 is 18.7 Å². The van der Waals surface area contributed by atoms with E-state index in [9.17, 15) is 4.79 Å². The highest BCUT2D eigenvalue weighted by atomic mass is 35.5. The van der Waals surface area contributed by atoms with Crippen molar-refractivity contribution in [2.75, 3.05) is 37.7 Å². The lowest BCUT2D eigenvalue weighted by Crippen LogP contribution is -2.46. The van der Waals surface area contributed by atoms with Crippen LogP contribution in [0.5, 0.6) is 11.5 Å². The first kappa shape index (κ1) is 24.6. The smallest absolute Gasteiger partial charge is 0.295 e. The molecule has 1 amide bonds. The number of anilines is 1. The predicted octanol–water partition coefficient (Wildman–Crippen LogP) is 5.51. The van der Waals surface area contributed by atoms with Crippen molar-refractivity contribution in [2.24, 2.45) is 5.92 Å². The number of benzene rings is 2. The van der Waals surface area contributed by atoms with Gasteiger partial charge >= 0.3 is 0 Å². The third kappa shape index (κ3) is 5.21. The first-order valence-corrected chi connectivity index (χ1v) is 12.9. The number of rotatable bonds is 6. The molecule has 2 aromatic heterocycles. The minimum atomic E-state index is -0.136. The predicted molar refractivity (Wildman–Crippen MR) is 143 cm³/mol. The van der Waals surface area contributed by atoms with Crippen LogP contribution in [0.4, 0.5) is 5.13 Å². The molecule has 0 aliphatic carbocycles. The van der Waals surface area contributed by atoms with Crippen molar-refractivity contribution in [1.29, 1.82) is 0 Å². The Kier molecular flexibility index (Phi) is 7.46. The topological polar surface area (TPSA) is 68.0 Å². The van der Waals surface area contributed by atoms with E-state index >= 15 is 0 Å². The number of ether oxygens (including phenoxy) is 2. The van der Waals surface area contributed by atoms with Crippen molar-refractivity contribution in [3.8, 4) is 11.5 Å². The molecular formula is C27H28ClN3O4S. The van der Waals surface area contributed by atoms with Gasteiger partial charge in [0.1, 0.15) is 12.7 Å². The summed E-state index contributed by atoms with van der Waals surface area (Å²) in [4.78, 5) is 22.3. The maximum absolute atomic E-state index is 13.3. The van der Waals surface area contributed by atoms with Gasteiger partial charge in [-0.3, -0.25) is 14.6 Å². The zero-order chi connectivity index (χ0) is 23.6. The Labute approximate surface area is 220 Å². The van der Waals surface area contributed by atoms with Crippen molar-refractivity contribution >= 4 is 45.0 Å². The summed E-state index contributed by atoms with van der Waals surface area (Å²) in [5, 5.41) is 0.724. The molecule has 0 spiro atoms. The fourth-order valence-corrected chi connectivity index (χ4v) is 5.78. The van der Waals surface area contributed by atoms with Crippen LogP contribution in [0.1, 0.15) is 23.4 Å². The molecule has 1 unspecified atom stereocenters. The average Bonchev–Trinajstić information content (AvgIpc) is 3.58. The number of nitrogens with zero attached hydrogens (tertiary/aromatic N) is 3. The third-order valence-electron chi connectivity index (χ3n) is 6.67. The molecule has 36 heavy (non-hydrogen) atoms. The van der Waals surface area contributed by atoms with E-state index in [1.54, 1.807) is 28.4 Å². The summed E-state index contributed by atoms with van der Waals surface area (Å²) in [5.74, 6) is 2.24. The lowest BCUT2D eigenvalue weighted by molar-refractivity contribution is 0.0480. The molecule has 1 fully saturated rings. The SMILES string of the molecule is Cl.O=C(c1ccco1)N(CC1CCN(CC2COc3ccccc3O2)CC1)c1nc2ccccc2s1. The number of halogens is 1. The number of fused-ring (bicyclic) bond motifs is 2. The van der Waals surface area contributed by atoms with E-state index in [0.29, 0.717) is 24.8 Å². The summed E-state index contributed by atoms with van der Waals surface area (Å²) in [7, 11) is 0. The van der Waals surface area contributed by atoms with Crippen LogP contribution in [0.3, 0.4) is 0 Å². The van der Waals surface area contributed by atoms with E-state index in [0.717, 1.165) is 59.3 Å². The highest BCUT2D eigenvalue weighted by Gasteiger charge is 2.30. The Hall–Kier alpha value is -3.07. The van der Waals surface area contributed by atoms with Crippen LogP contribution in [-0.2, 0) is 0 Å². The van der Waals surface area contributed by atoms with Crippen molar-refractivity contribution in [1.82, 2.24) is 9.88 Å². The number of likely N-dealkylation sites (tertiary alicyclic amines) is 1. The van der Waals surface area contributed by atoms with Crippen LogP contribution in [-0.4, -0.2) is 54.7 Å². The number of carbonyl (C=O) groups is 1. The molecule has 0 radical (unpaired) electrons. The molecule has 9 heteroatoms. The van der Waals surface area contributed by atoms with Crippen LogP contribution < -0.4 is 14.4 Å². The normalized spacial score (nSPS) is 18.1. The highest BCUT2D eigenvalue weighted by molar-refractivity contribution is 7.22. The molecule has 0 bridgehead atoms. The molecule has 188 valence electrons. The van der Waals surface area contributed by atoms with E-state index in [-0.39, 0.29) is 24.4 Å². The zero-order valence-electron chi connectivity index (χ0n) is 19.7. The van der Waals surface area contributed by atoms with Gasteiger partial charge in [-0.25, -0.2) is 4.98 Å². The molecular weight excluding hydrogens is 498 g/mol. The van der Waals surface area contributed by atoms with Crippen molar-refractivity contribution in [3.63, 3.8) is 0 Å². The van der Waals surface area contributed by atoms with Gasteiger partial charge in [-0.15, -0.1) is 12.4 Å². The molecule has 0 saturated carbocycles. The fraction of sp³-hybridized carbons (Fsp3) is 0.333. The van der Waals surface area contributed by atoms with Crippen molar-refractivity contribution in [2.45, 2.75) is 18.9 Å². The van der Waals surface area contributed by atoms with Gasteiger partial charge in [-0.05, 0) is 68.2 Å². The first-order chi connectivity index (χ1) is 17.2. The summed E-state index contributed by atoms with van der Waals surface area (Å²) in [6.07, 6.45) is 3.59. The minimum Gasteiger partial charge on any atom is -0.486 e. The number of piperidine rings is 1. The van der Waals surface area contributed by atoms with Crippen molar-refractivity contribution in [3.05, 3.63) is 72.7 Å². The minimum absolute atomic E-state index is 0. The second kappa shape index (κ2) is 10.9. The molecule has 2 aliphatic heterocycles. The lowest BCUT2D eigenvalue weighted by atomic mass is 9.96. The van der Waals surface area contributed by atoms with E-state index < -0.39 is 0 Å². The van der Waals surface area contributed by atoms with Gasteiger partial charge in [0.05, 0.1) is 16.5 Å². The fourth-order valence-electron chi connectivity index (χ4n) is 4.81. The quantitative estimate of drug-likeness (QED) is 0.330. The Morgan fingerprint density at radius 1 is 1.03 bits per heavy atom. The Morgan fingerprint density at radius 2 is 1.81 bits per heavy atom. The van der Waals surface area contributed by atoms with Crippen LogP contribution in [0.15, 0.2) is 71.3 Å². The summed E-state index contributed by atoms with van der Waals surface area (Å²) in [6.45, 7) is 3.97. The van der Waals surface area contributed by atoms with Gasteiger partial charge in [-0.1, -0.05) is 35.6 Å². The second-order valence-electron chi connectivity index (χ2n) is 9.10. The van der Waals surface area contributed by atoms with Gasteiger partial charge in [0.25, 0.3) is 5.91 Å². The number of thiazole rings is 1. The second-order valence-corrected chi connectivity index (χ2v) is 10.1. The molecule has 4 heterocycles. The monoisotopic (exact) mass is 525 g/mol. The molecule has 6 rings (SSSR count). The molecule has 1 atom stereocenters. The van der Waals surface area contributed by atoms with Gasteiger partial charge in [0.15, 0.2) is 22.4 Å². The van der Waals surface area contributed by atoms with Crippen LogP contribution in [0.2, 0.25) is 0 Å². The third-order valence-corrected chi connectivity index (χ3v) is 7.73. The molecule has 2 aliphatic rings. The molecule has 4 aromatic rings. The van der Waals surface area contributed by atoms with Gasteiger partial charge in [-0.2, -0.15) is 0 Å². The van der Waals surface area contributed by atoms with E-state index in [1.807, 2.05) is 48.5 Å². The molecule has 0 N–H and O–H groups in total. The number of hydrogen-bond donors (Lipinski definition) is 0. The number of para-hydroxylation sites is 3. The standard InChI is InChI=1S/C27H27N3O4S.ClH/c31-26(24-9-5-15-32-24)30(27-28-21-6-1-4-10-25(21)35-27)16-19-11-13-29(14-12-19)17-20-18-33-22-7-2-3-8-23(22)34-20;/h1-10,15,19-20H,11-14,16-18H2;1H. The van der Waals surface area contributed by atoms with Gasteiger partial charge < -0.3 is 13.9 Å². The van der Waals surface area contributed by atoms with Crippen LogP contribution in [0, 0.1) is 5.92 Å². The molecule has 2 aromatic carbocycles. The number of aromatic nitrogens is 1. The largest absolute Gasteiger partial charge is 0.486 e. The van der Waals surface area contributed by atoms with Gasteiger partial charge in [0.2, 0.25) is 0 Å². The highest BCUT2D eigenvalue weighted by Crippen LogP contribution is 2.33. The number of amides is 1. The Bertz CT molecular complexity index is 1270. The van der Waals surface area contributed by atoms with Crippen LogP contribution in [0.25, 0.3) is 10.2 Å². The molecule has 7 nitrogen and oxygen atoms in total. The summed E-state index contributed by atoms with van der Waals surface area (Å²) in [6, 6.07) is 19.3. The van der Waals surface area contributed by atoms with Gasteiger partial charge in [0, 0.05) is 13.1 Å². The average molecular weight is 526 g/mol. The molecule has 1 saturated heterocycles. The zero-order valence-corrected chi connectivity index (χ0v) is 21.4. The number of carbonyl (C=O) groups excluding carboxylic acids is 1. The Morgan fingerprint density at radius 3 is 2.58 bits per heavy atom. The van der Waals surface area contributed by atoms with Crippen LogP contribution >= 0.6 is 23.7 Å². The van der Waals surface area contributed by atoms with E-state index in [2.05, 4.69) is 4.90 Å². The number of furan rings is 1. The summed E-state index contributed by atoms with van der Waals surface area (Å²) < 4.78 is 18.5. The van der Waals surface area contributed by atoms with E-state index in [4.69, 9.17) is 18.9 Å². The summed E-state index contributed by atoms with van der Waals surface area (Å²) in [5.41, 5.74) is 0.913. The maximum Gasteiger partial charge on any atom is 0.295 e. The maximum atomic E-state index is 13.3. The number of hydrogen-bond acceptors (Lipinski definition) is 7. The van der Waals surface area contributed by atoms with E-state index in [1.165, 1.54) is 6.26 Å².